The molecule has 3 rings (SSSR count). The van der Waals surface area contributed by atoms with Crippen LogP contribution in [0.3, 0.4) is 0 Å². The van der Waals surface area contributed by atoms with Crippen molar-refractivity contribution in [2.24, 2.45) is 5.84 Å². The van der Waals surface area contributed by atoms with Gasteiger partial charge >= 0.3 is 0 Å². The molecule has 1 aliphatic carbocycles. The fourth-order valence-corrected chi connectivity index (χ4v) is 2.07. The van der Waals surface area contributed by atoms with Gasteiger partial charge in [0.25, 0.3) is 0 Å². The first-order valence-corrected chi connectivity index (χ1v) is 5.66. The van der Waals surface area contributed by atoms with Crippen LogP contribution in [0.4, 0.5) is 5.69 Å². The van der Waals surface area contributed by atoms with Crippen molar-refractivity contribution in [2.75, 3.05) is 5.43 Å². The number of nitrogens with zero attached hydrogens (tertiary/aromatic N) is 1. The molecule has 0 aliphatic heterocycles. The second-order valence-corrected chi connectivity index (χ2v) is 4.53. The number of fused-ring (bicyclic) bond motifs is 1. The smallest absolute Gasteiger partial charge is 0.0726 e. The van der Waals surface area contributed by atoms with E-state index in [1.807, 2.05) is 0 Å². The Hall–Kier alpha value is -1.61. The van der Waals surface area contributed by atoms with Gasteiger partial charge in [-0.05, 0) is 38.0 Å². The molecule has 0 spiro atoms. The van der Waals surface area contributed by atoms with E-state index in [1.165, 1.54) is 24.1 Å². The number of anilines is 1. The Morgan fingerprint density at radius 1 is 1.31 bits per heavy atom. The van der Waals surface area contributed by atoms with Crippen LogP contribution in [0, 0.1) is 6.92 Å². The molecule has 3 nitrogen and oxygen atoms in total. The maximum Gasteiger partial charge on any atom is 0.0726 e. The standard InChI is InChI=1S/C13H15N3/c1-8-2-5-11-10(6-8)13(16-14)7-12(15-11)9-3-4-9/h2,5-7,9H,3-4,14H2,1H3,(H,15,16). The van der Waals surface area contributed by atoms with Gasteiger partial charge in [0, 0.05) is 17.0 Å². The molecule has 3 N–H and O–H groups in total. The zero-order chi connectivity index (χ0) is 11.1. The molecule has 3 heteroatoms. The van der Waals surface area contributed by atoms with Crippen LogP contribution in [0.5, 0.6) is 0 Å². The molecule has 1 aromatic carbocycles. The van der Waals surface area contributed by atoms with Crippen LogP contribution in [0.25, 0.3) is 10.9 Å². The van der Waals surface area contributed by atoms with Crippen molar-refractivity contribution < 1.29 is 0 Å². The Morgan fingerprint density at radius 2 is 2.12 bits per heavy atom. The first-order chi connectivity index (χ1) is 7.78. The summed E-state index contributed by atoms with van der Waals surface area (Å²) in [6, 6.07) is 8.36. The van der Waals surface area contributed by atoms with Crippen molar-refractivity contribution in [3.05, 3.63) is 35.5 Å². The quantitative estimate of drug-likeness (QED) is 0.595. The summed E-state index contributed by atoms with van der Waals surface area (Å²) in [4.78, 5) is 4.69. The molecular weight excluding hydrogens is 198 g/mol. The first-order valence-electron chi connectivity index (χ1n) is 5.66. The van der Waals surface area contributed by atoms with Gasteiger partial charge in [-0.3, -0.25) is 10.8 Å². The molecule has 16 heavy (non-hydrogen) atoms. The van der Waals surface area contributed by atoms with Gasteiger partial charge in [-0.25, -0.2) is 0 Å². The van der Waals surface area contributed by atoms with Gasteiger partial charge in [-0.2, -0.15) is 0 Å². The van der Waals surface area contributed by atoms with Gasteiger partial charge < -0.3 is 5.43 Å². The minimum atomic E-state index is 0.651. The Morgan fingerprint density at radius 3 is 2.81 bits per heavy atom. The number of pyridine rings is 1. The van der Waals surface area contributed by atoms with Crippen LogP contribution in [0.1, 0.15) is 30.0 Å². The molecular formula is C13H15N3. The maximum absolute atomic E-state index is 5.58. The number of hydrogen-bond acceptors (Lipinski definition) is 3. The number of aryl methyl sites for hydroxylation is 1. The number of nitrogens with two attached hydrogens (primary N) is 1. The van der Waals surface area contributed by atoms with Crippen LogP contribution in [0.15, 0.2) is 24.3 Å². The lowest BCUT2D eigenvalue weighted by Crippen LogP contribution is -2.08. The molecule has 0 saturated heterocycles. The summed E-state index contributed by atoms with van der Waals surface area (Å²) in [5.74, 6) is 6.23. The highest BCUT2D eigenvalue weighted by Crippen LogP contribution is 2.41. The van der Waals surface area contributed by atoms with Crippen molar-refractivity contribution >= 4 is 16.6 Å². The molecule has 1 fully saturated rings. The third kappa shape index (κ3) is 1.53. The predicted molar refractivity (Wildman–Crippen MR) is 66.3 cm³/mol. The van der Waals surface area contributed by atoms with E-state index >= 15 is 0 Å². The topological polar surface area (TPSA) is 50.9 Å². The zero-order valence-corrected chi connectivity index (χ0v) is 9.33. The molecule has 1 saturated carbocycles. The Kier molecular flexibility index (Phi) is 2.07. The number of rotatable bonds is 2. The molecule has 0 radical (unpaired) electrons. The highest BCUT2D eigenvalue weighted by Gasteiger charge is 2.25. The summed E-state index contributed by atoms with van der Waals surface area (Å²) in [5, 5.41) is 1.10. The van der Waals surface area contributed by atoms with E-state index in [9.17, 15) is 0 Å². The highest BCUT2D eigenvalue weighted by molar-refractivity contribution is 5.91. The minimum Gasteiger partial charge on any atom is -0.323 e. The fourth-order valence-electron chi connectivity index (χ4n) is 2.07. The maximum atomic E-state index is 5.58. The molecule has 0 atom stereocenters. The number of hydrazine groups is 1. The predicted octanol–water partition coefficient (Wildman–Crippen LogP) is 2.71. The fraction of sp³-hybridized carbons (Fsp3) is 0.308. The molecule has 82 valence electrons. The van der Waals surface area contributed by atoms with E-state index in [0.717, 1.165) is 16.6 Å². The lowest BCUT2D eigenvalue weighted by atomic mass is 10.1. The van der Waals surface area contributed by atoms with Gasteiger partial charge in [-0.1, -0.05) is 11.6 Å². The largest absolute Gasteiger partial charge is 0.323 e. The van der Waals surface area contributed by atoms with Gasteiger partial charge in [0.15, 0.2) is 0 Å². The average molecular weight is 213 g/mol. The summed E-state index contributed by atoms with van der Waals surface area (Å²) in [6.07, 6.45) is 2.52. The van der Waals surface area contributed by atoms with Crippen molar-refractivity contribution in [3.63, 3.8) is 0 Å². The SMILES string of the molecule is Cc1ccc2nc(C3CC3)cc(NN)c2c1. The lowest BCUT2D eigenvalue weighted by molar-refractivity contribution is 1.04. The van der Waals surface area contributed by atoms with Crippen LogP contribution >= 0.6 is 0 Å². The second kappa shape index (κ2) is 3.46. The zero-order valence-electron chi connectivity index (χ0n) is 9.33. The molecule has 0 unspecified atom stereocenters. The number of aromatic nitrogens is 1. The Bertz CT molecular complexity index is 544. The number of hydrogen-bond donors (Lipinski definition) is 2. The van der Waals surface area contributed by atoms with Crippen molar-refractivity contribution in [1.29, 1.82) is 0 Å². The lowest BCUT2D eigenvalue weighted by Gasteiger charge is -2.09. The molecule has 1 heterocycles. The molecule has 2 aromatic rings. The van der Waals surface area contributed by atoms with Crippen molar-refractivity contribution in [3.8, 4) is 0 Å². The molecule has 0 amide bonds. The van der Waals surface area contributed by atoms with E-state index in [-0.39, 0.29) is 0 Å². The van der Waals surface area contributed by atoms with E-state index in [4.69, 9.17) is 10.8 Å². The van der Waals surface area contributed by atoms with E-state index < -0.39 is 0 Å². The monoisotopic (exact) mass is 213 g/mol. The molecule has 1 aliphatic rings. The van der Waals surface area contributed by atoms with Gasteiger partial charge in [0.1, 0.15) is 0 Å². The molecule has 1 aromatic heterocycles. The van der Waals surface area contributed by atoms with E-state index in [1.54, 1.807) is 0 Å². The Labute approximate surface area is 94.6 Å². The number of benzene rings is 1. The number of nitrogens with one attached hydrogen (secondary N) is 1. The summed E-state index contributed by atoms with van der Waals surface area (Å²) >= 11 is 0. The van der Waals surface area contributed by atoms with Crippen molar-refractivity contribution in [2.45, 2.75) is 25.7 Å². The summed E-state index contributed by atoms with van der Waals surface area (Å²) < 4.78 is 0. The summed E-state index contributed by atoms with van der Waals surface area (Å²) in [5.41, 5.74) is 7.19. The second-order valence-electron chi connectivity index (χ2n) is 4.53. The van der Waals surface area contributed by atoms with Crippen molar-refractivity contribution in [1.82, 2.24) is 4.98 Å². The number of nitrogen functional groups attached to an aromatic ring is 1. The van der Waals surface area contributed by atoms with Gasteiger partial charge in [0.2, 0.25) is 0 Å². The summed E-state index contributed by atoms with van der Waals surface area (Å²) in [7, 11) is 0. The minimum absolute atomic E-state index is 0.651. The third-order valence-corrected chi connectivity index (χ3v) is 3.14. The van der Waals surface area contributed by atoms with Crippen LogP contribution < -0.4 is 11.3 Å². The van der Waals surface area contributed by atoms with Gasteiger partial charge in [0.05, 0.1) is 11.2 Å². The van der Waals surface area contributed by atoms with Crippen LogP contribution in [0.2, 0.25) is 0 Å². The van der Waals surface area contributed by atoms with E-state index in [2.05, 4.69) is 36.6 Å². The van der Waals surface area contributed by atoms with Crippen LogP contribution in [-0.2, 0) is 0 Å². The van der Waals surface area contributed by atoms with Gasteiger partial charge in [-0.15, -0.1) is 0 Å². The third-order valence-electron chi connectivity index (χ3n) is 3.14. The average Bonchev–Trinajstić information content (AvgIpc) is 3.11. The normalized spacial score (nSPS) is 15.4. The highest BCUT2D eigenvalue weighted by atomic mass is 15.2. The molecule has 0 bridgehead atoms. The van der Waals surface area contributed by atoms with Crippen LogP contribution in [-0.4, -0.2) is 4.98 Å². The first kappa shape index (κ1) is 9.60. The summed E-state index contributed by atoms with van der Waals surface area (Å²) in [6.45, 7) is 2.08. The van der Waals surface area contributed by atoms with E-state index in [0.29, 0.717) is 5.92 Å². The Balaban J connectivity index is 2.25.